The molecule has 10 heavy (non-hydrogen) atoms. The minimum atomic E-state index is 0.405. The average molecular weight is 138 g/mol. The molecule has 0 aromatic heterocycles. The monoisotopic (exact) mass is 138 g/mol. The SMILES string of the molecule is C=C/C(N)=C(\C=C)NC=O. The number of allylic oxidation sites excluding steroid dienone is 2. The number of amides is 1. The highest BCUT2D eigenvalue weighted by Crippen LogP contribution is 1.94. The third-order valence-corrected chi connectivity index (χ3v) is 0.949. The third kappa shape index (κ3) is 2.17. The lowest BCUT2D eigenvalue weighted by Crippen LogP contribution is -2.13. The van der Waals surface area contributed by atoms with Gasteiger partial charge in [-0.1, -0.05) is 13.2 Å². The van der Waals surface area contributed by atoms with Gasteiger partial charge < -0.3 is 11.1 Å². The molecule has 0 saturated carbocycles. The van der Waals surface area contributed by atoms with Gasteiger partial charge in [0, 0.05) is 0 Å². The fourth-order valence-electron chi connectivity index (χ4n) is 0.434. The molecule has 0 aliphatic rings. The number of rotatable bonds is 4. The maximum Gasteiger partial charge on any atom is 0.211 e. The first kappa shape index (κ1) is 8.49. The van der Waals surface area contributed by atoms with Crippen molar-refractivity contribution in [1.82, 2.24) is 5.32 Å². The number of nitrogens with two attached hydrogens (primary N) is 1. The molecule has 0 rings (SSSR count). The van der Waals surface area contributed by atoms with E-state index in [9.17, 15) is 4.79 Å². The van der Waals surface area contributed by atoms with E-state index in [1.54, 1.807) is 0 Å². The third-order valence-electron chi connectivity index (χ3n) is 0.949. The molecule has 3 nitrogen and oxygen atoms in total. The summed E-state index contributed by atoms with van der Waals surface area (Å²) < 4.78 is 0. The van der Waals surface area contributed by atoms with Crippen molar-refractivity contribution in [3.63, 3.8) is 0 Å². The lowest BCUT2D eigenvalue weighted by molar-refractivity contribution is -0.108. The number of carbonyl (C=O) groups excluding carboxylic acids is 1. The van der Waals surface area contributed by atoms with E-state index in [0.717, 1.165) is 0 Å². The second-order valence-electron chi connectivity index (χ2n) is 1.54. The van der Waals surface area contributed by atoms with Gasteiger partial charge in [0.15, 0.2) is 0 Å². The van der Waals surface area contributed by atoms with E-state index in [2.05, 4.69) is 18.5 Å². The van der Waals surface area contributed by atoms with E-state index in [1.165, 1.54) is 12.2 Å². The molecule has 0 atom stereocenters. The van der Waals surface area contributed by atoms with Crippen LogP contribution in [0.25, 0.3) is 0 Å². The molecule has 0 spiro atoms. The van der Waals surface area contributed by atoms with Crippen molar-refractivity contribution >= 4 is 6.41 Å². The molecule has 0 aromatic carbocycles. The maximum absolute atomic E-state index is 9.91. The van der Waals surface area contributed by atoms with Crippen molar-refractivity contribution in [3.05, 3.63) is 36.7 Å². The minimum Gasteiger partial charge on any atom is -0.397 e. The van der Waals surface area contributed by atoms with Gasteiger partial charge in [-0.05, 0) is 12.2 Å². The van der Waals surface area contributed by atoms with Gasteiger partial charge in [0.05, 0.1) is 11.4 Å². The van der Waals surface area contributed by atoms with Gasteiger partial charge in [-0.2, -0.15) is 0 Å². The lowest BCUT2D eigenvalue weighted by atomic mass is 10.3. The van der Waals surface area contributed by atoms with E-state index in [0.29, 0.717) is 17.8 Å². The molecule has 1 amide bonds. The summed E-state index contributed by atoms with van der Waals surface area (Å²) in [6, 6.07) is 0. The Morgan fingerprint density at radius 2 is 2.00 bits per heavy atom. The van der Waals surface area contributed by atoms with Crippen LogP contribution in [0, 0.1) is 0 Å². The zero-order chi connectivity index (χ0) is 7.98. The van der Waals surface area contributed by atoms with Gasteiger partial charge in [-0.15, -0.1) is 0 Å². The van der Waals surface area contributed by atoms with E-state index in [-0.39, 0.29) is 0 Å². The van der Waals surface area contributed by atoms with E-state index in [1.807, 2.05) is 0 Å². The summed E-state index contributed by atoms with van der Waals surface area (Å²) in [5.74, 6) is 0. The number of hydrogen-bond acceptors (Lipinski definition) is 2. The van der Waals surface area contributed by atoms with Crippen LogP contribution in [0.15, 0.2) is 36.7 Å². The molecule has 0 heterocycles. The van der Waals surface area contributed by atoms with Crippen LogP contribution in [-0.4, -0.2) is 6.41 Å². The molecular formula is C7H10N2O. The molecule has 0 aliphatic heterocycles. The summed E-state index contributed by atoms with van der Waals surface area (Å²) in [5.41, 5.74) is 6.26. The van der Waals surface area contributed by atoms with E-state index in [4.69, 9.17) is 5.73 Å². The van der Waals surface area contributed by atoms with Gasteiger partial charge >= 0.3 is 0 Å². The Morgan fingerprint density at radius 1 is 1.40 bits per heavy atom. The van der Waals surface area contributed by atoms with Crippen LogP contribution in [-0.2, 0) is 4.79 Å². The van der Waals surface area contributed by atoms with Crippen molar-refractivity contribution < 1.29 is 4.79 Å². The topological polar surface area (TPSA) is 55.1 Å². The Labute approximate surface area is 59.9 Å². The van der Waals surface area contributed by atoms with Gasteiger partial charge in [0.2, 0.25) is 6.41 Å². The molecule has 0 aromatic rings. The smallest absolute Gasteiger partial charge is 0.211 e. The maximum atomic E-state index is 9.91. The molecule has 3 N–H and O–H groups in total. The quantitative estimate of drug-likeness (QED) is 0.433. The molecule has 0 unspecified atom stereocenters. The average Bonchev–Trinajstić information content (AvgIpc) is 1.99. The minimum absolute atomic E-state index is 0.405. The summed E-state index contributed by atoms with van der Waals surface area (Å²) in [6.45, 7) is 6.87. The zero-order valence-corrected chi connectivity index (χ0v) is 5.63. The summed E-state index contributed by atoms with van der Waals surface area (Å²) in [4.78, 5) is 9.91. The lowest BCUT2D eigenvalue weighted by Gasteiger charge is -2.00. The highest BCUT2D eigenvalue weighted by atomic mass is 16.1. The van der Waals surface area contributed by atoms with E-state index >= 15 is 0 Å². The van der Waals surface area contributed by atoms with Crippen LogP contribution in [0.3, 0.4) is 0 Å². The van der Waals surface area contributed by atoms with Crippen LogP contribution in [0.5, 0.6) is 0 Å². The standard InChI is InChI=1S/C7H10N2O/c1-3-6(8)7(4-2)9-5-10/h3-5H,1-2,8H2,(H,9,10)/b7-6-. The molecule has 0 aliphatic carbocycles. The predicted octanol–water partition coefficient (Wildman–Crippen LogP) is 0.275. The van der Waals surface area contributed by atoms with Crippen molar-refractivity contribution in [2.45, 2.75) is 0 Å². The Bertz CT molecular complexity index is 182. The van der Waals surface area contributed by atoms with Crippen LogP contribution >= 0.6 is 0 Å². The molecule has 0 radical (unpaired) electrons. The molecule has 0 bridgehead atoms. The van der Waals surface area contributed by atoms with Gasteiger partial charge in [-0.3, -0.25) is 4.79 Å². The van der Waals surface area contributed by atoms with Crippen LogP contribution in [0.1, 0.15) is 0 Å². The van der Waals surface area contributed by atoms with Crippen molar-refractivity contribution in [2.75, 3.05) is 0 Å². The Kier molecular flexibility index (Phi) is 3.72. The second-order valence-corrected chi connectivity index (χ2v) is 1.54. The molecule has 0 fully saturated rings. The van der Waals surface area contributed by atoms with Crippen LogP contribution in [0.2, 0.25) is 0 Å². The largest absolute Gasteiger partial charge is 0.397 e. The van der Waals surface area contributed by atoms with Gasteiger partial charge in [0.25, 0.3) is 0 Å². The zero-order valence-electron chi connectivity index (χ0n) is 5.63. The first-order valence-corrected chi connectivity index (χ1v) is 2.71. The van der Waals surface area contributed by atoms with Crippen molar-refractivity contribution in [2.24, 2.45) is 5.73 Å². The Morgan fingerprint density at radius 3 is 2.30 bits per heavy atom. The molecule has 3 heteroatoms. The fourth-order valence-corrected chi connectivity index (χ4v) is 0.434. The van der Waals surface area contributed by atoms with Crippen LogP contribution < -0.4 is 11.1 Å². The van der Waals surface area contributed by atoms with E-state index < -0.39 is 0 Å². The summed E-state index contributed by atoms with van der Waals surface area (Å²) >= 11 is 0. The number of nitrogens with one attached hydrogen (secondary N) is 1. The number of carbonyl (C=O) groups is 1. The molecular weight excluding hydrogens is 128 g/mol. The fraction of sp³-hybridized carbons (Fsp3) is 0. The summed E-state index contributed by atoms with van der Waals surface area (Å²) in [6.07, 6.45) is 3.42. The Balaban J connectivity index is 4.42. The van der Waals surface area contributed by atoms with Crippen LogP contribution in [0.4, 0.5) is 0 Å². The summed E-state index contributed by atoms with van der Waals surface area (Å²) in [5, 5.41) is 2.37. The second kappa shape index (κ2) is 4.38. The highest BCUT2D eigenvalue weighted by Gasteiger charge is 1.91. The predicted molar refractivity (Wildman–Crippen MR) is 40.8 cm³/mol. The normalized spacial score (nSPS) is 11.2. The van der Waals surface area contributed by atoms with Gasteiger partial charge in [0.1, 0.15) is 0 Å². The highest BCUT2D eigenvalue weighted by molar-refractivity contribution is 5.53. The Hall–Kier alpha value is -1.51. The number of hydrogen-bond donors (Lipinski definition) is 2. The first-order valence-electron chi connectivity index (χ1n) is 2.71. The van der Waals surface area contributed by atoms with Crippen molar-refractivity contribution in [1.29, 1.82) is 0 Å². The summed E-state index contributed by atoms with van der Waals surface area (Å²) in [7, 11) is 0. The van der Waals surface area contributed by atoms with Gasteiger partial charge in [-0.25, -0.2) is 0 Å². The molecule has 54 valence electrons. The first-order chi connectivity index (χ1) is 4.76. The van der Waals surface area contributed by atoms with Crippen molar-refractivity contribution in [3.8, 4) is 0 Å². The molecule has 0 saturated heterocycles.